The van der Waals surface area contributed by atoms with Crippen molar-refractivity contribution in [2.45, 2.75) is 57.9 Å². The van der Waals surface area contributed by atoms with Gasteiger partial charge in [0.05, 0.1) is 0 Å². The van der Waals surface area contributed by atoms with Crippen molar-refractivity contribution in [3.63, 3.8) is 0 Å². The molecule has 0 aliphatic carbocycles. The van der Waals surface area contributed by atoms with Crippen LogP contribution in [0.1, 0.15) is 51.9 Å². The van der Waals surface area contributed by atoms with Crippen LogP contribution in [0.15, 0.2) is 4.99 Å². The van der Waals surface area contributed by atoms with E-state index in [1.54, 1.807) is 7.05 Å². The van der Waals surface area contributed by atoms with E-state index in [1.807, 2.05) is 4.90 Å². The zero-order chi connectivity index (χ0) is 19.3. The van der Waals surface area contributed by atoms with Crippen LogP contribution in [-0.2, 0) is 14.3 Å². The Kier molecular flexibility index (Phi) is 10.5. The molecule has 0 aromatic rings. The highest BCUT2D eigenvalue weighted by Gasteiger charge is 2.26. The Morgan fingerprint density at radius 2 is 2.11 bits per heavy atom. The molecule has 27 heavy (non-hydrogen) atoms. The fraction of sp³-hybridized carbons (Fsp3) is 0.900. The largest absolute Gasteiger partial charge is 0.381 e. The number of amides is 1. The summed E-state index contributed by atoms with van der Waals surface area (Å²) in [6.07, 6.45) is 6.88. The van der Waals surface area contributed by atoms with Gasteiger partial charge in [-0.2, -0.15) is 0 Å². The Hall–Kier alpha value is -1.34. The first-order valence-corrected chi connectivity index (χ1v) is 10.6. The lowest BCUT2D eigenvalue weighted by molar-refractivity contribution is -0.129. The summed E-state index contributed by atoms with van der Waals surface area (Å²) in [6, 6.07) is 0.337. The zero-order valence-corrected chi connectivity index (χ0v) is 17.2. The van der Waals surface area contributed by atoms with E-state index in [9.17, 15) is 4.79 Å². The maximum absolute atomic E-state index is 11.9. The topological polar surface area (TPSA) is 75.2 Å². The van der Waals surface area contributed by atoms with E-state index in [-0.39, 0.29) is 0 Å². The summed E-state index contributed by atoms with van der Waals surface area (Å²) < 4.78 is 11.2. The number of hydrogen-bond donors (Lipinski definition) is 2. The Morgan fingerprint density at radius 1 is 1.33 bits per heavy atom. The second-order valence-corrected chi connectivity index (χ2v) is 7.45. The molecule has 2 N–H and O–H groups in total. The van der Waals surface area contributed by atoms with Crippen LogP contribution in [0.25, 0.3) is 0 Å². The molecule has 1 unspecified atom stereocenters. The molecule has 1 amide bonds. The highest BCUT2D eigenvalue weighted by molar-refractivity contribution is 5.79. The van der Waals surface area contributed by atoms with E-state index in [0.29, 0.717) is 24.3 Å². The third-order valence-corrected chi connectivity index (χ3v) is 5.47. The fourth-order valence-electron chi connectivity index (χ4n) is 3.76. The summed E-state index contributed by atoms with van der Waals surface area (Å²) in [5.74, 6) is 1.79. The molecule has 2 saturated heterocycles. The van der Waals surface area contributed by atoms with Crippen LogP contribution in [0.3, 0.4) is 0 Å². The minimum atomic E-state index is 0.310. The minimum Gasteiger partial charge on any atom is -0.381 e. The van der Waals surface area contributed by atoms with Crippen molar-refractivity contribution in [2.24, 2.45) is 10.9 Å². The van der Waals surface area contributed by atoms with E-state index in [2.05, 4.69) is 22.5 Å². The molecular weight excluding hydrogens is 344 g/mol. The van der Waals surface area contributed by atoms with Gasteiger partial charge in [0.1, 0.15) is 0 Å². The summed E-state index contributed by atoms with van der Waals surface area (Å²) in [6.45, 7) is 8.12. The molecule has 156 valence electrons. The molecule has 2 aliphatic heterocycles. The molecule has 0 aromatic carbocycles. The third-order valence-electron chi connectivity index (χ3n) is 5.47. The van der Waals surface area contributed by atoms with Gasteiger partial charge in [0, 0.05) is 65.6 Å². The maximum atomic E-state index is 11.9. The molecule has 0 spiro atoms. The van der Waals surface area contributed by atoms with Gasteiger partial charge in [-0.05, 0) is 44.4 Å². The van der Waals surface area contributed by atoms with Crippen molar-refractivity contribution in [1.29, 1.82) is 0 Å². The Morgan fingerprint density at radius 3 is 2.78 bits per heavy atom. The highest BCUT2D eigenvalue weighted by atomic mass is 16.5. The summed E-state index contributed by atoms with van der Waals surface area (Å²) in [7, 11) is 1.79. The van der Waals surface area contributed by atoms with E-state index >= 15 is 0 Å². The molecule has 7 heteroatoms. The number of aliphatic imine (C=N–C) groups is 1. The van der Waals surface area contributed by atoms with Gasteiger partial charge in [-0.3, -0.25) is 9.79 Å². The molecule has 2 fully saturated rings. The van der Waals surface area contributed by atoms with Crippen LogP contribution in [0.2, 0.25) is 0 Å². The molecule has 2 heterocycles. The molecular formula is C20H38N4O3. The van der Waals surface area contributed by atoms with Gasteiger partial charge in [-0.25, -0.2) is 0 Å². The number of carbonyl (C=O) groups is 1. The first kappa shape index (κ1) is 22.0. The summed E-state index contributed by atoms with van der Waals surface area (Å²) >= 11 is 0. The van der Waals surface area contributed by atoms with Gasteiger partial charge in [-0.15, -0.1) is 0 Å². The zero-order valence-electron chi connectivity index (χ0n) is 17.2. The first-order chi connectivity index (χ1) is 13.2. The van der Waals surface area contributed by atoms with Crippen molar-refractivity contribution in [3.05, 3.63) is 0 Å². The van der Waals surface area contributed by atoms with Crippen molar-refractivity contribution in [1.82, 2.24) is 15.5 Å². The van der Waals surface area contributed by atoms with Crippen LogP contribution < -0.4 is 10.6 Å². The molecule has 2 aliphatic rings. The average molecular weight is 383 g/mol. The molecule has 0 aromatic heterocycles. The number of carbonyl (C=O) groups excluding carboxylic acids is 1. The smallest absolute Gasteiger partial charge is 0.222 e. The van der Waals surface area contributed by atoms with Gasteiger partial charge in [0.25, 0.3) is 0 Å². The van der Waals surface area contributed by atoms with Crippen molar-refractivity contribution in [3.8, 4) is 0 Å². The van der Waals surface area contributed by atoms with Gasteiger partial charge >= 0.3 is 0 Å². The summed E-state index contributed by atoms with van der Waals surface area (Å²) in [5, 5.41) is 6.70. The maximum Gasteiger partial charge on any atom is 0.222 e. The van der Waals surface area contributed by atoms with Gasteiger partial charge in [0.15, 0.2) is 5.96 Å². The lowest BCUT2D eigenvalue weighted by Gasteiger charge is -2.27. The van der Waals surface area contributed by atoms with Crippen LogP contribution >= 0.6 is 0 Å². The number of hydrogen-bond acceptors (Lipinski definition) is 4. The van der Waals surface area contributed by atoms with Crippen LogP contribution in [0.4, 0.5) is 0 Å². The number of guanidine groups is 1. The highest BCUT2D eigenvalue weighted by Crippen LogP contribution is 2.17. The minimum absolute atomic E-state index is 0.310. The Balaban J connectivity index is 1.51. The first-order valence-electron chi connectivity index (χ1n) is 10.6. The molecule has 7 nitrogen and oxygen atoms in total. The normalized spacial score (nSPS) is 20.1. The van der Waals surface area contributed by atoms with Crippen molar-refractivity contribution in [2.75, 3.05) is 53.1 Å². The molecule has 2 rings (SSSR count). The fourth-order valence-corrected chi connectivity index (χ4v) is 3.76. The number of nitrogens with one attached hydrogen (secondary N) is 2. The molecule has 1 atom stereocenters. The average Bonchev–Trinajstić information content (AvgIpc) is 3.12. The van der Waals surface area contributed by atoms with Crippen LogP contribution in [-0.4, -0.2) is 75.9 Å². The van der Waals surface area contributed by atoms with E-state index < -0.39 is 0 Å². The van der Waals surface area contributed by atoms with E-state index in [1.165, 1.54) is 0 Å². The summed E-state index contributed by atoms with van der Waals surface area (Å²) in [5.41, 5.74) is 0. The number of rotatable bonds is 11. The Labute approximate surface area is 164 Å². The monoisotopic (exact) mass is 382 g/mol. The molecule has 0 saturated carbocycles. The Bertz CT molecular complexity index is 453. The number of likely N-dealkylation sites (tertiary alicyclic amines) is 1. The van der Waals surface area contributed by atoms with Crippen LogP contribution in [0, 0.1) is 5.92 Å². The van der Waals surface area contributed by atoms with Gasteiger partial charge in [-0.1, -0.05) is 6.92 Å². The van der Waals surface area contributed by atoms with Crippen molar-refractivity contribution < 1.29 is 14.3 Å². The lowest BCUT2D eigenvalue weighted by Crippen LogP contribution is -2.42. The lowest BCUT2D eigenvalue weighted by atomic mass is 10.0. The second kappa shape index (κ2) is 12.9. The van der Waals surface area contributed by atoms with E-state index in [4.69, 9.17) is 9.47 Å². The molecule has 0 bridgehead atoms. The van der Waals surface area contributed by atoms with Crippen LogP contribution in [0.5, 0.6) is 0 Å². The third kappa shape index (κ3) is 8.05. The van der Waals surface area contributed by atoms with Crippen molar-refractivity contribution >= 4 is 11.9 Å². The predicted octanol–water partition coefficient (Wildman–Crippen LogP) is 1.78. The predicted molar refractivity (Wildman–Crippen MR) is 108 cm³/mol. The van der Waals surface area contributed by atoms with Gasteiger partial charge < -0.3 is 25.0 Å². The van der Waals surface area contributed by atoms with Gasteiger partial charge in [0.2, 0.25) is 5.91 Å². The standard InChI is InChI=1S/C20H38N4O3/c1-3-18(24-12-4-6-19(24)25)7-11-23-20(21-2)22-10-5-13-27-16-17-8-14-26-15-9-17/h17-18H,3-16H2,1-2H3,(H2,21,22,23). The summed E-state index contributed by atoms with van der Waals surface area (Å²) in [4.78, 5) is 18.2. The SMILES string of the molecule is CCC(CCNC(=NC)NCCCOCC1CCOCC1)N1CCCC1=O. The quantitative estimate of drug-likeness (QED) is 0.324. The second-order valence-electron chi connectivity index (χ2n) is 7.45. The molecule has 0 radical (unpaired) electrons. The van der Waals surface area contributed by atoms with E-state index in [0.717, 1.165) is 90.5 Å². The number of ether oxygens (including phenoxy) is 2. The number of nitrogens with zero attached hydrogens (tertiary/aromatic N) is 2.